The van der Waals surface area contributed by atoms with E-state index in [2.05, 4.69) is 10.1 Å². The fourth-order valence-corrected chi connectivity index (χ4v) is 1.90. The number of hydrogen-bond acceptors (Lipinski definition) is 2. The van der Waals surface area contributed by atoms with Gasteiger partial charge in [0, 0.05) is 18.0 Å². The van der Waals surface area contributed by atoms with Crippen molar-refractivity contribution in [3.05, 3.63) is 58.6 Å². The van der Waals surface area contributed by atoms with Crippen molar-refractivity contribution in [2.75, 3.05) is 0 Å². The molecule has 0 radical (unpaired) electrons. The van der Waals surface area contributed by atoms with Crippen molar-refractivity contribution in [3.63, 3.8) is 0 Å². The van der Waals surface area contributed by atoms with Crippen LogP contribution in [0.4, 0.5) is 0 Å². The molecule has 1 N–H and O–H groups in total. The van der Waals surface area contributed by atoms with Gasteiger partial charge in [0.1, 0.15) is 0 Å². The Bertz CT molecular complexity index is 725. The van der Waals surface area contributed by atoms with E-state index in [0.29, 0.717) is 11.2 Å². The average molecular weight is 225 g/mol. The first-order valence-corrected chi connectivity index (χ1v) is 5.38. The molecule has 3 aromatic rings. The van der Waals surface area contributed by atoms with Crippen LogP contribution in [0.5, 0.6) is 0 Å². The minimum atomic E-state index is -0.0747. The van der Waals surface area contributed by atoms with E-state index in [4.69, 9.17) is 0 Å². The zero-order valence-electron chi connectivity index (χ0n) is 9.34. The predicted molar refractivity (Wildman–Crippen MR) is 66.0 cm³/mol. The summed E-state index contributed by atoms with van der Waals surface area (Å²) in [5, 5.41) is 2.98. The molecular weight excluding hydrogens is 214 g/mol. The van der Waals surface area contributed by atoms with Gasteiger partial charge < -0.3 is 0 Å². The number of fused-ring (bicyclic) bond motifs is 1. The third kappa shape index (κ3) is 1.54. The maximum Gasteiger partial charge on any atom is 0.280 e. The Morgan fingerprint density at radius 3 is 2.76 bits per heavy atom. The number of nitrogens with zero attached hydrogens (tertiary/aromatic N) is 2. The molecule has 0 atom stereocenters. The topological polar surface area (TPSA) is 50.2 Å². The number of aryl methyl sites for hydroxylation is 1. The lowest BCUT2D eigenvalue weighted by Crippen LogP contribution is -2.16. The summed E-state index contributed by atoms with van der Waals surface area (Å²) in [6, 6.07) is 11.4. The van der Waals surface area contributed by atoms with Crippen LogP contribution < -0.4 is 5.56 Å². The molecule has 0 saturated heterocycles. The number of rotatable bonds is 1. The van der Waals surface area contributed by atoms with Crippen molar-refractivity contribution in [3.8, 4) is 11.1 Å². The highest BCUT2D eigenvalue weighted by atomic mass is 16.1. The molecule has 17 heavy (non-hydrogen) atoms. The highest BCUT2D eigenvalue weighted by molar-refractivity contribution is 5.62. The Morgan fingerprint density at radius 2 is 2.00 bits per heavy atom. The highest BCUT2D eigenvalue weighted by Gasteiger charge is 2.07. The Hall–Kier alpha value is -2.36. The summed E-state index contributed by atoms with van der Waals surface area (Å²) in [6.45, 7) is 1.90. The largest absolute Gasteiger partial charge is 0.294 e. The fourth-order valence-electron chi connectivity index (χ4n) is 1.90. The third-order valence-electron chi connectivity index (χ3n) is 2.71. The van der Waals surface area contributed by atoms with E-state index in [1.165, 1.54) is 4.52 Å². The van der Waals surface area contributed by atoms with Crippen LogP contribution in [-0.2, 0) is 0 Å². The zero-order chi connectivity index (χ0) is 11.8. The van der Waals surface area contributed by atoms with Crippen LogP contribution in [0.15, 0.2) is 47.4 Å². The van der Waals surface area contributed by atoms with Gasteiger partial charge >= 0.3 is 0 Å². The molecule has 0 saturated carbocycles. The molecule has 0 aliphatic heterocycles. The number of benzene rings is 1. The van der Waals surface area contributed by atoms with Gasteiger partial charge in [0.15, 0.2) is 5.65 Å². The number of H-pyrrole nitrogens is 1. The van der Waals surface area contributed by atoms with E-state index < -0.39 is 0 Å². The molecule has 84 valence electrons. The molecule has 0 unspecified atom stereocenters. The van der Waals surface area contributed by atoms with E-state index >= 15 is 0 Å². The standard InChI is InChI=1S/C13H11N3O/c1-9-7-12-14-8-11(13(17)16(12)15-9)10-5-3-2-4-6-10/h2-8,15H,1H3. The minimum absolute atomic E-state index is 0.0747. The number of hydrogen-bond donors (Lipinski definition) is 1. The lowest BCUT2D eigenvalue weighted by molar-refractivity contribution is 0.883. The SMILES string of the molecule is Cc1cc2ncc(-c3ccccc3)c(=O)n2[nH]1. The highest BCUT2D eigenvalue weighted by Crippen LogP contribution is 2.14. The molecule has 2 aromatic heterocycles. The van der Waals surface area contributed by atoms with Crippen molar-refractivity contribution in [1.29, 1.82) is 0 Å². The summed E-state index contributed by atoms with van der Waals surface area (Å²) in [7, 11) is 0. The first-order chi connectivity index (χ1) is 8.25. The van der Waals surface area contributed by atoms with Gasteiger partial charge in [-0.2, -0.15) is 0 Å². The van der Waals surface area contributed by atoms with E-state index in [9.17, 15) is 4.79 Å². The average Bonchev–Trinajstić information content (AvgIpc) is 2.72. The maximum absolute atomic E-state index is 12.2. The Labute approximate surface area is 97.5 Å². The normalized spacial score (nSPS) is 10.9. The summed E-state index contributed by atoms with van der Waals surface area (Å²) in [6.07, 6.45) is 1.63. The van der Waals surface area contributed by atoms with Crippen LogP contribution in [0.25, 0.3) is 16.8 Å². The van der Waals surface area contributed by atoms with Gasteiger partial charge in [-0.1, -0.05) is 30.3 Å². The van der Waals surface area contributed by atoms with Gasteiger partial charge in [-0.25, -0.2) is 9.50 Å². The van der Waals surface area contributed by atoms with Crippen LogP contribution >= 0.6 is 0 Å². The van der Waals surface area contributed by atoms with E-state index in [-0.39, 0.29) is 5.56 Å². The quantitative estimate of drug-likeness (QED) is 0.688. The van der Waals surface area contributed by atoms with Crippen molar-refractivity contribution in [2.24, 2.45) is 0 Å². The monoisotopic (exact) mass is 225 g/mol. The van der Waals surface area contributed by atoms with Crippen LogP contribution in [0, 0.1) is 6.92 Å². The molecule has 4 heteroatoms. The number of aromatic nitrogens is 3. The molecule has 0 spiro atoms. The summed E-state index contributed by atoms with van der Waals surface area (Å²) in [5.74, 6) is 0. The number of nitrogens with one attached hydrogen (secondary N) is 1. The number of aromatic amines is 1. The summed E-state index contributed by atoms with van der Waals surface area (Å²) in [5.41, 5.74) is 2.97. The first-order valence-electron chi connectivity index (χ1n) is 5.38. The van der Waals surface area contributed by atoms with Crippen LogP contribution in [0.1, 0.15) is 5.69 Å². The molecule has 0 aliphatic rings. The molecule has 2 heterocycles. The molecule has 0 aliphatic carbocycles. The Balaban J connectivity index is 2.32. The molecular formula is C13H11N3O. The first kappa shape index (κ1) is 9.84. The van der Waals surface area contributed by atoms with E-state index in [0.717, 1.165) is 11.3 Å². The predicted octanol–water partition coefficient (Wildman–Crippen LogP) is 2.00. The lowest BCUT2D eigenvalue weighted by atomic mass is 10.1. The van der Waals surface area contributed by atoms with Crippen molar-refractivity contribution in [2.45, 2.75) is 6.92 Å². The van der Waals surface area contributed by atoms with Gasteiger partial charge in [-0.3, -0.25) is 9.89 Å². The summed E-state index contributed by atoms with van der Waals surface area (Å²) >= 11 is 0. The maximum atomic E-state index is 12.2. The second-order valence-corrected chi connectivity index (χ2v) is 3.98. The molecule has 0 bridgehead atoms. The molecule has 0 fully saturated rings. The Morgan fingerprint density at radius 1 is 1.24 bits per heavy atom. The summed E-state index contributed by atoms with van der Waals surface area (Å²) < 4.78 is 1.47. The van der Waals surface area contributed by atoms with Gasteiger partial charge in [-0.15, -0.1) is 0 Å². The van der Waals surface area contributed by atoms with Crippen molar-refractivity contribution >= 4 is 5.65 Å². The van der Waals surface area contributed by atoms with Crippen LogP contribution in [-0.4, -0.2) is 14.6 Å². The fraction of sp³-hybridized carbons (Fsp3) is 0.0769. The molecule has 4 nitrogen and oxygen atoms in total. The third-order valence-corrected chi connectivity index (χ3v) is 2.71. The van der Waals surface area contributed by atoms with Crippen molar-refractivity contribution in [1.82, 2.24) is 14.6 Å². The van der Waals surface area contributed by atoms with Gasteiger partial charge in [0.25, 0.3) is 5.56 Å². The van der Waals surface area contributed by atoms with E-state index in [1.54, 1.807) is 6.20 Å². The zero-order valence-corrected chi connectivity index (χ0v) is 9.34. The summed E-state index contributed by atoms with van der Waals surface area (Å²) in [4.78, 5) is 16.5. The van der Waals surface area contributed by atoms with Crippen molar-refractivity contribution < 1.29 is 0 Å². The molecule has 3 rings (SSSR count). The molecule has 1 aromatic carbocycles. The van der Waals surface area contributed by atoms with Crippen LogP contribution in [0.3, 0.4) is 0 Å². The van der Waals surface area contributed by atoms with Gasteiger partial charge in [-0.05, 0) is 12.5 Å². The lowest BCUT2D eigenvalue weighted by Gasteiger charge is -2.00. The van der Waals surface area contributed by atoms with Crippen LogP contribution in [0.2, 0.25) is 0 Å². The second kappa shape index (κ2) is 3.59. The molecule has 0 amide bonds. The second-order valence-electron chi connectivity index (χ2n) is 3.98. The Kier molecular flexibility index (Phi) is 2.08. The minimum Gasteiger partial charge on any atom is -0.294 e. The smallest absolute Gasteiger partial charge is 0.280 e. The van der Waals surface area contributed by atoms with Gasteiger partial charge in [0.05, 0.1) is 5.56 Å². The van der Waals surface area contributed by atoms with Gasteiger partial charge in [0.2, 0.25) is 0 Å². The van der Waals surface area contributed by atoms with E-state index in [1.807, 2.05) is 43.3 Å².